The monoisotopic (exact) mass is 442 g/mol. The number of rotatable bonds is 9. The molecule has 0 N–H and O–H groups in total. The smallest absolute Gasteiger partial charge is 0.331 e. The zero-order valence-electron chi connectivity index (χ0n) is 20.3. The van der Waals surface area contributed by atoms with Gasteiger partial charge in [0, 0.05) is 19.1 Å². The summed E-state index contributed by atoms with van der Waals surface area (Å²) in [5, 5.41) is 0. The van der Waals surface area contributed by atoms with Crippen LogP contribution in [0.15, 0.2) is 42.0 Å². The van der Waals surface area contributed by atoms with Crippen LogP contribution in [-0.2, 0) is 19.0 Å². The summed E-state index contributed by atoms with van der Waals surface area (Å²) in [6.45, 7) is 9.59. The lowest BCUT2D eigenvalue weighted by Gasteiger charge is -2.44. The number of benzene rings is 1. The summed E-state index contributed by atoms with van der Waals surface area (Å²) in [7, 11) is 3.34. The number of hydrogen-bond acceptors (Lipinski definition) is 5. The minimum absolute atomic E-state index is 0.0896. The van der Waals surface area contributed by atoms with Crippen molar-refractivity contribution >= 4 is 12.0 Å². The molecule has 1 aromatic carbocycles. The molecule has 0 amide bonds. The normalized spacial score (nSPS) is 30.2. The molecular weight excluding hydrogens is 404 g/mol. The van der Waals surface area contributed by atoms with Gasteiger partial charge in [0.25, 0.3) is 0 Å². The van der Waals surface area contributed by atoms with Crippen molar-refractivity contribution in [2.24, 2.45) is 17.8 Å². The molecule has 1 spiro atoms. The van der Waals surface area contributed by atoms with Crippen molar-refractivity contribution in [1.82, 2.24) is 0 Å². The molecule has 0 unspecified atom stereocenters. The van der Waals surface area contributed by atoms with Crippen LogP contribution < -0.4 is 4.74 Å². The minimum atomic E-state index is -0.354. The molecule has 1 aliphatic heterocycles. The van der Waals surface area contributed by atoms with Gasteiger partial charge in [0.2, 0.25) is 0 Å². The predicted molar refractivity (Wildman–Crippen MR) is 126 cm³/mol. The zero-order chi connectivity index (χ0) is 23.3. The minimum Gasteiger partial charge on any atom is -0.497 e. The Morgan fingerprint density at radius 1 is 1.25 bits per heavy atom. The number of carbonyl (C=O) groups excluding carboxylic acids is 1. The summed E-state index contributed by atoms with van der Waals surface area (Å²) >= 11 is 0. The first kappa shape index (κ1) is 24.5. The molecule has 0 radical (unpaired) electrons. The van der Waals surface area contributed by atoms with Crippen molar-refractivity contribution < 1.29 is 23.7 Å². The van der Waals surface area contributed by atoms with Gasteiger partial charge in [-0.2, -0.15) is 0 Å². The molecule has 3 rings (SSSR count). The molecule has 5 atom stereocenters. The van der Waals surface area contributed by atoms with Crippen molar-refractivity contribution in [2.75, 3.05) is 20.8 Å². The Morgan fingerprint density at radius 3 is 2.50 bits per heavy atom. The maximum atomic E-state index is 12.6. The highest BCUT2D eigenvalue weighted by Crippen LogP contribution is 2.53. The van der Waals surface area contributed by atoms with Crippen molar-refractivity contribution in [3.8, 4) is 5.75 Å². The number of hydrogen-bond donors (Lipinski definition) is 0. The second kappa shape index (κ2) is 10.7. The summed E-state index contributed by atoms with van der Waals surface area (Å²) in [6, 6.07) is 7.53. The van der Waals surface area contributed by atoms with E-state index >= 15 is 0 Å². The largest absolute Gasteiger partial charge is 0.497 e. The molecule has 1 heterocycles. The third-order valence-corrected chi connectivity index (χ3v) is 6.89. The summed E-state index contributed by atoms with van der Waals surface area (Å²) in [4.78, 5) is 12.6. The first-order valence-electron chi connectivity index (χ1n) is 11.7. The highest BCUT2D eigenvalue weighted by Gasteiger charge is 2.63. The van der Waals surface area contributed by atoms with E-state index in [1.807, 2.05) is 24.3 Å². The summed E-state index contributed by atoms with van der Waals surface area (Å²) in [5.74, 6) is 1.47. The van der Waals surface area contributed by atoms with E-state index in [4.69, 9.17) is 18.9 Å². The zero-order valence-corrected chi connectivity index (χ0v) is 20.3. The van der Waals surface area contributed by atoms with Crippen LogP contribution in [0.25, 0.3) is 6.08 Å². The number of carbonyl (C=O) groups is 1. The van der Waals surface area contributed by atoms with Gasteiger partial charge in [0.05, 0.1) is 13.7 Å². The van der Waals surface area contributed by atoms with Gasteiger partial charge < -0.3 is 18.9 Å². The Morgan fingerprint density at radius 2 is 1.94 bits per heavy atom. The molecule has 1 aromatic rings. The number of epoxide rings is 1. The first-order chi connectivity index (χ1) is 15.3. The van der Waals surface area contributed by atoms with E-state index in [-0.39, 0.29) is 35.6 Å². The van der Waals surface area contributed by atoms with E-state index in [1.165, 1.54) is 11.6 Å². The lowest BCUT2D eigenvalue weighted by Crippen LogP contribution is -2.54. The average molecular weight is 443 g/mol. The summed E-state index contributed by atoms with van der Waals surface area (Å²) in [5.41, 5.74) is 1.99. The summed E-state index contributed by atoms with van der Waals surface area (Å²) < 4.78 is 23.1. The molecule has 5 nitrogen and oxygen atoms in total. The number of methoxy groups -OCH3 is 2. The Bertz CT molecular complexity index is 819. The van der Waals surface area contributed by atoms with Crippen LogP contribution in [0, 0.1) is 17.8 Å². The molecule has 5 heteroatoms. The third kappa shape index (κ3) is 5.62. The van der Waals surface area contributed by atoms with Gasteiger partial charge >= 0.3 is 5.97 Å². The number of esters is 1. The van der Waals surface area contributed by atoms with Crippen LogP contribution in [0.1, 0.15) is 52.5 Å². The molecule has 0 bridgehead atoms. The quantitative estimate of drug-likeness (QED) is 0.220. The van der Waals surface area contributed by atoms with Crippen LogP contribution in [0.4, 0.5) is 0 Å². The lowest BCUT2D eigenvalue weighted by molar-refractivity contribution is -0.164. The highest BCUT2D eigenvalue weighted by molar-refractivity contribution is 5.87. The Kier molecular flexibility index (Phi) is 8.18. The van der Waals surface area contributed by atoms with Crippen molar-refractivity contribution in [1.29, 1.82) is 0 Å². The molecule has 1 saturated heterocycles. The van der Waals surface area contributed by atoms with Gasteiger partial charge in [-0.3, -0.25) is 0 Å². The van der Waals surface area contributed by atoms with Crippen LogP contribution >= 0.6 is 0 Å². The second-order valence-electron chi connectivity index (χ2n) is 9.56. The molecular formula is C27H38O5. The standard InChI is InChI=1S/C27H38O5/c1-18(2)8-7-9-19(3)25-26(30-6)23(16-20(4)27(25)17-31-27)32-24(28)15-12-21-10-13-22(29-5)14-11-21/h9-15,18,20,23,25-26H,7-8,16-17H2,1-6H3/b15-12+,19-9+/t20-,23-,25+,26-,27-/m1/s1. The topological polar surface area (TPSA) is 57.3 Å². The second-order valence-corrected chi connectivity index (χ2v) is 9.56. The van der Waals surface area contributed by atoms with Gasteiger partial charge in [-0.05, 0) is 61.8 Å². The molecule has 2 fully saturated rings. The van der Waals surface area contributed by atoms with E-state index in [0.717, 1.165) is 37.2 Å². The van der Waals surface area contributed by atoms with Crippen LogP contribution in [-0.4, -0.2) is 44.6 Å². The van der Waals surface area contributed by atoms with Gasteiger partial charge in [-0.1, -0.05) is 44.6 Å². The Balaban J connectivity index is 1.71. The van der Waals surface area contributed by atoms with Crippen molar-refractivity contribution in [2.45, 2.75) is 64.8 Å². The van der Waals surface area contributed by atoms with E-state index in [1.54, 1.807) is 20.3 Å². The van der Waals surface area contributed by atoms with E-state index in [9.17, 15) is 4.79 Å². The van der Waals surface area contributed by atoms with E-state index in [2.05, 4.69) is 33.8 Å². The van der Waals surface area contributed by atoms with Crippen molar-refractivity contribution in [3.63, 3.8) is 0 Å². The number of allylic oxidation sites excluding steroid dienone is 1. The van der Waals surface area contributed by atoms with Crippen LogP contribution in [0.2, 0.25) is 0 Å². The van der Waals surface area contributed by atoms with Crippen LogP contribution in [0.3, 0.4) is 0 Å². The van der Waals surface area contributed by atoms with Crippen LogP contribution in [0.5, 0.6) is 5.75 Å². The molecule has 176 valence electrons. The van der Waals surface area contributed by atoms with Gasteiger partial charge in [0.15, 0.2) is 0 Å². The highest BCUT2D eigenvalue weighted by atomic mass is 16.6. The number of ether oxygens (including phenoxy) is 4. The molecule has 1 aliphatic carbocycles. The van der Waals surface area contributed by atoms with Crippen molar-refractivity contribution in [3.05, 3.63) is 47.6 Å². The van der Waals surface area contributed by atoms with Gasteiger partial charge in [0.1, 0.15) is 23.6 Å². The lowest BCUT2D eigenvalue weighted by atomic mass is 9.67. The fourth-order valence-electron chi connectivity index (χ4n) is 4.92. The molecule has 1 saturated carbocycles. The maximum absolute atomic E-state index is 12.6. The fraction of sp³-hybridized carbons (Fsp3) is 0.593. The van der Waals surface area contributed by atoms with E-state index in [0.29, 0.717) is 5.92 Å². The predicted octanol–water partition coefficient (Wildman–Crippen LogP) is 5.44. The molecule has 2 aliphatic rings. The summed E-state index contributed by atoms with van der Waals surface area (Å²) in [6.07, 6.45) is 7.96. The maximum Gasteiger partial charge on any atom is 0.331 e. The third-order valence-electron chi connectivity index (χ3n) is 6.89. The Labute approximate surface area is 192 Å². The molecule has 32 heavy (non-hydrogen) atoms. The fourth-order valence-corrected chi connectivity index (χ4v) is 4.92. The first-order valence-corrected chi connectivity index (χ1v) is 11.7. The average Bonchev–Trinajstić information content (AvgIpc) is 3.56. The molecule has 0 aromatic heterocycles. The SMILES string of the molecule is COc1ccc(/C=C/C(=O)O[C@@H]2C[C@@H](C)[C@]3(CO3)[C@@H](/C(C)=C/CCC(C)C)[C@@H]2OC)cc1. The van der Waals surface area contributed by atoms with Gasteiger partial charge in [-0.15, -0.1) is 0 Å². The van der Waals surface area contributed by atoms with Gasteiger partial charge in [-0.25, -0.2) is 4.79 Å². The Hall–Kier alpha value is -2.11. The van der Waals surface area contributed by atoms with E-state index < -0.39 is 0 Å².